The van der Waals surface area contributed by atoms with Crippen molar-refractivity contribution in [2.45, 2.75) is 57.6 Å². The first kappa shape index (κ1) is 20.0. The summed E-state index contributed by atoms with van der Waals surface area (Å²) in [5.41, 5.74) is 1.01. The molecule has 1 saturated heterocycles. The van der Waals surface area contributed by atoms with Crippen LogP contribution in [-0.4, -0.2) is 36.0 Å². The van der Waals surface area contributed by atoms with E-state index in [1.54, 1.807) is 6.26 Å². The van der Waals surface area contributed by atoms with E-state index in [0.717, 1.165) is 57.0 Å². The standard InChI is InChI=1S/C24H32N2O3/c1-18(2)16-25-23(27)14-19-15-24(29-22-8-4-3-7-21(19)22)9-11-26(12-10-24)17-20-6-5-13-28-20/h3-8,13,18-19H,9-12,14-17H2,1-2H3,(H,25,27). The van der Waals surface area contributed by atoms with Gasteiger partial charge in [0, 0.05) is 32.0 Å². The number of carbonyl (C=O) groups excluding carboxylic acids is 1. The van der Waals surface area contributed by atoms with Gasteiger partial charge >= 0.3 is 0 Å². The number of furan rings is 1. The number of hydrogen-bond acceptors (Lipinski definition) is 4. The zero-order valence-electron chi connectivity index (χ0n) is 17.5. The van der Waals surface area contributed by atoms with E-state index >= 15 is 0 Å². The molecule has 156 valence electrons. The van der Waals surface area contributed by atoms with E-state index in [0.29, 0.717) is 12.3 Å². The fraction of sp³-hybridized carbons (Fsp3) is 0.542. The molecule has 2 aromatic rings. The van der Waals surface area contributed by atoms with Gasteiger partial charge < -0.3 is 14.5 Å². The van der Waals surface area contributed by atoms with Crippen molar-refractivity contribution < 1.29 is 13.9 Å². The predicted molar refractivity (Wildman–Crippen MR) is 113 cm³/mol. The molecule has 1 N–H and O–H groups in total. The maximum Gasteiger partial charge on any atom is 0.220 e. The van der Waals surface area contributed by atoms with Crippen molar-refractivity contribution in [1.29, 1.82) is 0 Å². The summed E-state index contributed by atoms with van der Waals surface area (Å²) in [6.07, 6.45) is 5.13. The van der Waals surface area contributed by atoms with Gasteiger partial charge in [-0.3, -0.25) is 9.69 Å². The maximum atomic E-state index is 12.6. The summed E-state index contributed by atoms with van der Waals surface area (Å²) in [6.45, 7) is 7.78. The smallest absolute Gasteiger partial charge is 0.220 e. The lowest BCUT2D eigenvalue weighted by molar-refractivity contribution is -0.122. The molecule has 5 heteroatoms. The van der Waals surface area contributed by atoms with Crippen molar-refractivity contribution in [3.05, 3.63) is 54.0 Å². The number of likely N-dealkylation sites (tertiary alicyclic amines) is 1. The van der Waals surface area contributed by atoms with Crippen LogP contribution in [0.3, 0.4) is 0 Å². The number of amides is 1. The maximum absolute atomic E-state index is 12.6. The number of piperidine rings is 1. The molecule has 4 rings (SSSR count). The van der Waals surface area contributed by atoms with E-state index in [4.69, 9.17) is 9.15 Å². The van der Waals surface area contributed by atoms with Crippen molar-refractivity contribution >= 4 is 5.91 Å². The molecule has 1 fully saturated rings. The number of para-hydroxylation sites is 1. The van der Waals surface area contributed by atoms with E-state index in [9.17, 15) is 4.79 Å². The number of fused-ring (bicyclic) bond motifs is 1. The van der Waals surface area contributed by atoms with Gasteiger partial charge in [0.1, 0.15) is 17.1 Å². The van der Waals surface area contributed by atoms with Crippen LogP contribution in [0, 0.1) is 5.92 Å². The van der Waals surface area contributed by atoms with Gasteiger partial charge in [0.2, 0.25) is 5.91 Å². The Kier molecular flexibility index (Phi) is 5.95. The highest BCUT2D eigenvalue weighted by Crippen LogP contribution is 2.46. The summed E-state index contributed by atoms with van der Waals surface area (Å²) in [7, 11) is 0. The van der Waals surface area contributed by atoms with Gasteiger partial charge in [0.15, 0.2) is 0 Å². The van der Waals surface area contributed by atoms with E-state index in [1.165, 1.54) is 5.56 Å². The molecule has 1 atom stereocenters. The van der Waals surface area contributed by atoms with E-state index in [1.807, 2.05) is 24.3 Å². The first-order chi connectivity index (χ1) is 14.0. The minimum atomic E-state index is -0.170. The topological polar surface area (TPSA) is 54.7 Å². The monoisotopic (exact) mass is 396 g/mol. The Balaban J connectivity index is 1.43. The van der Waals surface area contributed by atoms with Gasteiger partial charge in [-0.2, -0.15) is 0 Å². The molecule has 0 bridgehead atoms. The lowest BCUT2D eigenvalue weighted by Crippen LogP contribution is -2.50. The molecular formula is C24H32N2O3. The molecule has 1 spiro atoms. The second kappa shape index (κ2) is 8.62. The molecule has 0 saturated carbocycles. The summed E-state index contributed by atoms with van der Waals surface area (Å²) in [5, 5.41) is 3.08. The normalized spacial score (nSPS) is 21.0. The molecule has 2 aliphatic heterocycles. The summed E-state index contributed by atoms with van der Waals surface area (Å²) < 4.78 is 12.1. The van der Waals surface area contributed by atoms with Crippen molar-refractivity contribution in [2.75, 3.05) is 19.6 Å². The third kappa shape index (κ3) is 4.84. The first-order valence-corrected chi connectivity index (χ1v) is 10.8. The Morgan fingerprint density at radius 2 is 2.00 bits per heavy atom. The molecule has 0 aliphatic carbocycles. The molecule has 2 aliphatic rings. The van der Waals surface area contributed by atoms with Crippen LogP contribution >= 0.6 is 0 Å². The molecule has 0 radical (unpaired) electrons. The van der Waals surface area contributed by atoms with Crippen LogP contribution in [0.1, 0.15) is 56.8 Å². The van der Waals surface area contributed by atoms with Gasteiger partial charge in [-0.25, -0.2) is 0 Å². The fourth-order valence-electron chi connectivity index (χ4n) is 4.59. The van der Waals surface area contributed by atoms with Crippen LogP contribution in [0.5, 0.6) is 5.75 Å². The second-order valence-corrected chi connectivity index (χ2v) is 8.98. The minimum Gasteiger partial charge on any atom is -0.487 e. The average molecular weight is 397 g/mol. The summed E-state index contributed by atoms with van der Waals surface area (Å²) in [6, 6.07) is 12.2. The van der Waals surface area contributed by atoms with E-state index in [-0.39, 0.29) is 17.4 Å². The third-order valence-corrected chi connectivity index (χ3v) is 6.17. The minimum absolute atomic E-state index is 0.144. The number of benzene rings is 1. The predicted octanol–water partition coefficient (Wildman–Crippen LogP) is 4.34. The Bertz CT molecular complexity index is 807. The van der Waals surface area contributed by atoms with Crippen molar-refractivity contribution in [2.24, 2.45) is 5.92 Å². The van der Waals surface area contributed by atoms with Crippen LogP contribution in [0.15, 0.2) is 47.1 Å². The van der Waals surface area contributed by atoms with Gasteiger partial charge in [-0.05, 0) is 48.9 Å². The van der Waals surface area contributed by atoms with Gasteiger partial charge in [-0.15, -0.1) is 0 Å². The number of rotatable bonds is 6. The summed E-state index contributed by atoms with van der Waals surface area (Å²) in [5.74, 6) is 2.79. The fourth-order valence-corrected chi connectivity index (χ4v) is 4.59. The highest BCUT2D eigenvalue weighted by Gasteiger charge is 2.43. The SMILES string of the molecule is CC(C)CNC(=O)CC1CC2(CCN(Cc3ccco3)CC2)Oc2ccccc21. The number of carbonyl (C=O) groups is 1. The van der Waals surface area contributed by atoms with Crippen LogP contribution in [-0.2, 0) is 11.3 Å². The lowest BCUT2D eigenvalue weighted by atomic mass is 9.76. The highest BCUT2D eigenvalue weighted by atomic mass is 16.5. The number of nitrogens with zero attached hydrogens (tertiary/aromatic N) is 1. The average Bonchev–Trinajstić information content (AvgIpc) is 3.21. The molecule has 3 heterocycles. The highest BCUT2D eigenvalue weighted by molar-refractivity contribution is 5.77. The van der Waals surface area contributed by atoms with Gasteiger partial charge in [-0.1, -0.05) is 32.0 Å². The van der Waals surface area contributed by atoms with Crippen molar-refractivity contribution in [3.63, 3.8) is 0 Å². The Morgan fingerprint density at radius 1 is 1.21 bits per heavy atom. The summed E-state index contributed by atoms with van der Waals surface area (Å²) in [4.78, 5) is 15.0. The van der Waals surface area contributed by atoms with Crippen LogP contribution < -0.4 is 10.1 Å². The molecule has 29 heavy (non-hydrogen) atoms. The first-order valence-electron chi connectivity index (χ1n) is 10.8. The van der Waals surface area contributed by atoms with Crippen molar-refractivity contribution in [1.82, 2.24) is 10.2 Å². The molecular weight excluding hydrogens is 364 g/mol. The largest absolute Gasteiger partial charge is 0.487 e. The van der Waals surface area contributed by atoms with Crippen LogP contribution in [0.4, 0.5) is 0 Å². The van der Waals surface area contributed by atoms with Crippen molar-refractivity contribution in [3.8, 4) is 5.75 Å². The number of hydrogen-bond donors (Lipinski definition) is 1. The second-order valence-electron chi connectivity index (χ2n) is 8.98. The van der Waals surface area contributed by atoms with E-state index in [2.05, 4.69) is 36.2 Å². The number of ether oxygens (including phenoxy) is 1. The van der Waals surface area contributed by atoms with E-state index < -0.39 is 0 Å². The molecule has 1 unspecified atom stereocenters. The van der Waals surface area contributed by atoms with Crippen LogP contribution in [0.2, 0.25) is 0 Å². The van der Waals surface area contributed by atoms with Gasteiger partial charge in [0.05, 0.1) is 12.8 Å². The quantitative estimate of drug-likeness (QED) is 0.789. The molecule has 1 aromatic carbocycles. The Morgan fingerprint density at radius 3 is 2.72 bits per heavy atom. The lowest BCUT2D eigenvalue weighted by Gasteiger charge is -2.46. The third-order valence-electron chi connectivity index (χ3n) is 6.17. The summed E-state index contributed by atoms with van der Waals surface area (Å²) >= 11 is 0. The molecule has 5 nitrogen and oxygen atoms in total. The molecule has 1 aromatic heterocycles. The van der Waals surface area contributed by atoms with Gasteiger partial charge in [0.25, 0.3) is 0 Å². The van der Waals surface area contributed by atoms with Crippen LogP contribution in [0.25, 0.3) is 0 Å². The number of nitrogens with one attached hydrogen (secondary N) is 1. The zero-order valence-corrected chi connectivity index (χ0v) is 17.5. The Hall–Kier alpha value is -2.27. The Labute approximate surface area is 173 Å². The zero-order chi connectivity index (χ0) is 20.3. The molecule has 1 amide bonds.